The predicted octanol–water partition coefficient (Wildman–Crippen LogP) is 0.834. The van der Waals surface area contributed by atoms with Crippen molar-refractivity contribution >= 4 is 11.5 Å². The monoisotopic (exact) mass is 239 g/mol. The third-order valence-corrected chi connectivity index (χ3v) is 3.07. The van der Waals surface area contributed by atoms with Crippen LogP contribution in [0.2, 0.25) is 0 Å². The molecule has 17 heavy (non-hydrogen) atoms. The smallest absolute Gasteiger partial charge is 0.330 e. The van der Waals surface area contributed by atoms with Crippen molar-refractivity contribution in [3.63, 3.8) is 0 Å². The number of likely N-dealkylation sites (tertiary alicyclic amines) is 1. The lowest BCUT2D eigenvalue weighted by atomic mass is 10.1. The van der Waals surface area contributed by atoms with Gasteiger partial charge in [-0.2, -0.15) is 0 Å². The van der Waals surface area contributed by atoms with Crippen molar-refractivity contribution in [1.29, 1.82) is 0 Å². The van der Waals surface area contributed by atoms with Crippen LogP contribution in [0.1, 0.15) is 12.8 Å². The SMILES string of the molecule is CN1CCC(Nc2nn(C)cc2[N+](=O)[O-])CC1. The minimum atomic E-state index is -0.399. The van der Waals surface area contributed by atoms with Gasteiger partial charge in [0.1, 0.15) is 6.20 Å². The number of hydrogen-bond acceptors (Lipinski definition) is 5. The molecule has 1 fully saturated rings. The van der Waals surface area contributed by atoms with Gasteiger partial charge in [0.05, 0.1) is 4.92 Å². The number of hydrogen-bond donors (Lipinski definition) is 1. The van der Waals surface area contributed by atoms with Crippen LogP contribution in [0, 0.1) is 10.1 Å². The lowest BCUT2D eigenvalue weighted by molar-refractivity contribution is -0.384. The molecule has 0 aromatic carbocycles. The van der Waals surface area contributed by atoms with Crippen molar-refractivity contribution in [2.45, 2.75) is 18.9 Å². The highest BCUT2D eigenvalue weighted by atomic mass is 16.6. The summed E-state index contributed by atoms with van der Waals surface area (Å²) in [7, 11) is 3.77. The zero-order chi connectivity index (χ0) is 12.4. The van der Waals surface area contributed by atoms with E-state index in [0.717, 1.165) is 25.9 Å². The molecule has 1 aliphatic rings. The molecule has 0 aliphatic carbocycles. The van der Waals surface area contributed by atoms with E-state index in [4.69, 9.17) is 0 Å². The van der Waals surface area contributed by atoms with Crippen LogP contribution in [0.15, 0.2) is 6.20 Å². The molecule has 1 aromatic heterocycles. The zero-order valence-corrected chi connectivity index (χ0v) is 10.1. The van der Waals surface area contributed by atoms with E-state index < -0.39 is 4.92 Å². The van der Waals surface area contributed by atoms with Gasteiger partial charge >= 0.3 is 5.69 Å². The summed E-state index contributed by atoms with van der Waals surface area (Å²) in [5.41, 5.74) is 0.0476. The Morgan fingerprint density at radius 3 is 2.71 bits per heavy atom. The van der Waals surface area contributed by atoms with Crippen LogP contribution >= 0.6 is 0 Å². The first kappa shape index (κ1) is 11.8. The van der Waals surface area contributed by atoms with Crippen molar-refractivity contribution in [3.05, 3.63) is 16.3 Å². The molecule has 2 rings (SSSR count). The second kappa shape index (κ2) is 4.70. The van der Waals surface area contributed by atoms with Crippen molar-refractivity contribution in [2.75, 3.05) is 25.5 Å². The summed E-state index contributed by atoms with van der Waals surface area (Å²) >= 11 is 0. The van der Waals surface area contributed by atoms with Crippen LogP contribution in [0.5, 0.6) is 0 Å². The number of aromatic nitrogens is 2. The van der Waals surface area contributed by atoms with Gasteiger partial charge < -0.3 is 10.2 Å². The molecule has 1 saturated heterocycles. The lowest BCUT2D eigenvalue weighted by Gasteiger charge is -2.29. The fourth-order valence-electron chi connectivity index (χ4n) is 2.06. The van der Waals surface area contributed by atoms with E-state index in [9.17, 15) is 10.1 Å². The van der Waals surface area contributed by atoms with Gasteiger partial charge in [-0.3, -0.25) is 14.8 Å². The third-order valence-electron chi connectivity index (χ3n) is 3.07. The minimum absolute atomic E-state index is 0.0476. The van der Waals surface area contributed by atoms with Gasteiger partial charge in [-0.25, -0.2) is 0 Å². The van der Waals surface area contributed by atoms with Gasteiger partial charge in [0.25, 0.3) is 0 Å². The standard InChI is InChI=1S/C10H17N5O2/c1-13-5-3-8(4-6-13)11-10-9(15(16)17)7-14(2)12-10/h7-8H,3-6H2,1-2H3,(H,11,12). The maximum atomic E-state index is 10.8. The lowest BCUT2D eigenvalue weighted by Crippen LogP contribution is -2.36. The summed E-state index contributed by atoms with van der Waals surface area (Å²) in [4.78, 5) is 12.7. The first-order valence-corrected chi connectivity index (χ1v) is 5.69. The molecule has 0 unspecified atom stereocenters. The molecule has 94 valence electrons. The number of nitrogens with one attached hydrogen (secondary N) is 1. The molecule has 0 saturated carbocycles. The second-order valence-electron chi connectivity index (χ2n) is 4.52. The summed E-state index contributed by atoms with van der Waals surface area (Å²) in [6.07, 6.45) is 3.41. The Hall–Kier alpha value is -1.63. The highest BCUT2D eigenvalue weighted by Gasteiger charge is 2.23. The Morgan fingerprint density at radius 2 is 2.12 bits per heavy atom. The maximum absolute atomic E-state index is 10.8. The fraction of sp³-hybridized carbons (Fsp3) is 0.700. The molecule has 1 aliphatic heterocycles. The summed E-state index contributed by atoms with van der Waals surface area (Å²) < 4.78 is 1.47. The number of aryl methyl sites for hydroxylation is 1. The second-order valence-corrected chi connectivity index (χ2v) is 4.52. The average molecular weight is 239 g/mol. The number of nitro groups is 1. The molecule has 7 heteroatoms. The molecule has 0 atom stereocenters. The van der Waals surface area contributed by atoms with Crippen LogP contribution in [0.25, 0.3) is 0 Å². The van der Waals surface area contributed by atoms with Crippen LogP contribution in [-0.2, 0) is 7.05 Å². The maximum Gasteiger partial charge on any atom is 0.330 e. The van der Waals surface area contributed by atoms with Gasteiger partial charge in [0.2, 0.25) is 5.82 Å². The third kappa shape index (κ3) is 2.73. The van der Waals surface area contributed by atoms with E-state index in [-0.39, 0.29) is 11.7 Å². The first-order valence-electron chi connectivity index (χ1n) is 5.69. The summed E-state index contributed by atoms with van der Waals surface area (Å²) in [6.45, 7) is 2.02. The molecule has 0 amide bonds. The molecule has 0 radical (unpaired) electrons. The van der Waals surface area contributed by atoms with Gasteiger partial charge in [0.15, 0.2) is 0 Å². The molecule has 1 aromatic rings. The van der Waals surface area contributed by atoms with Crippen LogP contribution < -0.4 is 5.32 Å². The van der Waals surface area contributed by atoms with Crippen LogP contribution in [-0.4, -0.2) is 45.8 Å². The molecule has 7 nitrogen and oxygen atoms in total. The first-order chi connectivity index (χ1) is 8.06. The van der Waals surface area contributed by atoms with Crippen molar-refractivity contribution < 1.29 is 4.92 Å². The van der Waals surface area contributed by atoms with E-state index >= 15 is 0 Å². The van der Waals surface area contributed by atoms with E-state index in [1.54, 1.807) is 7.05 Å². The number of piperidine rings is 1. The Kier molecular flexibility index (Phi) is 3.28. The molecular formula is C10H17N5O2. The van der Waals surface area contributed by atoms with Crippen LogP contribution in [0.4, 0.5) is 11.5 Å². The summed E-state index contributed by atoms with van der Waals surface area (Å²) in [5, 5.41) is 18.1. The normalized spacial score (nSPS) is 18.2. The Balaban J connectivity index is 2.05. The van der Waals surface area contributed by atoms with Crippen molar-refractivity contribution in [2.24, 2.45) is 7.05 Å². The summed E-state index contributed by atoms with van der Waals surface area (Å²) in [5.74, 6) is 0.382. The fourth-order valence-corrected chi connectivity index (χ4v) is 2.06. The van der Waals surface area contributed by atoms with Crippen LogP contribution in [0.3, 0.4) is 0 Å². The van der Waals surface area contributed by atoms with E-state index in [2.05, 4.69) is 22.4 Å². The van der Waals surface area contributed by atoms with Gasteiger partial charge in [-0.05, 0) is 33.0 Å². The molecule has 0 bridgehead atoms. The Morgan fingerprint density at radius 1 is 1.47 bits per heavy atom. The highest BCUT2D eigenvalue weighted by molar-refractivity contribution is 5.55. The largest absolute Gasteiger partial charge is 0.360 e. The Bertz CT molecular complexity index is 409. The highest BCUT2D eigenvalue weighted by Crippen LogP contribution is 2.24. The Labute approximate surface area is 99.6 Å². The quantitative estimate of drug-likeness (QED) is 0.624. The van der Waals surface area contributed by atoms with Crippen molar-refractivity contribution in [1.82, 2.24) is 14.7 Å². The van der Waals surface area contributed by atoms with Gasteiger partial charge in [0, 0.05) is 13.1 Å². The minimum Gasteiger partial charge on any atom is -0.360 e. The van der Waals surface area contributed by atoms with Crippen molar-refractivity contribution in [3.8, 4) is 0 Å². The molecule has 1 N–H and O–H groups in total. The van der Waals surface area contributed by atoms with E-state index in [0.29, 0.717) is 5.82 Å². The van der Waals surface area contributed by atoms with E-state index in [1.165, 1.54) is 10.9 Å². The zero-order valence-electron chi connectivity index (χ0n) is 10.1. The average Bonchev–Trinajstić information content (AvgIpc) is 2.63. The van der Waals surface area contributed by atoms with E-state index in [1.807, 2.05) is 0 Å². The molecule has 2 heterocycles. The number of anilines is 1. The number of rotatable bonds is 3. The number of nitrogens with zero attached hydrogens (tertiary/aromatic N) is 4. The van der Waals surface area contributed by atoms with Gasteiger partial charge in [-0.1, -0.05) is 0 Å². The topological polar surface area (TPSA) is 76.2 Å². The molecular weight excluding hydrogens is 222 g/mol. The summed E-state index contributed by atoms with van der Waals surface area (Å²) in [6, 6.07) is 0.278. The predicted molar refractivity (Wildman–Crippen MR) is 64.0 cm³/mol. The van der Waals surface area contributed by atoms with Gasteiger partial charge in [-0.15, -0.1) is 5.10 Å². The molecule has 0 spiro atoms.